The first-order chi connectivity index (χ1) is 12.3. The molecule has 1 atom stereocenters. The monoisotopic (exact) mass is 356 g/mol. The average Bonchev–Trinajstić information content (AvgIpc) is 2.70. The Morgan fingerprint density at radius 1 is 1.16 bits per heavy atom. The standard InChI is InChI=1S/C19H24N4OS/c1-25-19-21-12-16(13-22-19)18(24)20-14-17(15-8-4-2-5-9-15)23-10-6-3-7-11-23/h2,4-5,8-9,12-13,17H,3,6-7,10-11,14H2,1H3,(H,20,24)/t17-/m0/s1. The predicted molar refractivity (Wildman–Crippen MR) is 101 cm³/mol. The number of piperidine rings is 1. The van der Waals surface area contributed by atoms with Crippen molar-refractivity contribution < 1.29 is 4.79 Å². The molecule has 1 amide bonds. The number of nitrogens with one attached hydrogen (secondary N) is 1. The van der Waals surface area contributed by atoms with Crippen LogP contribution in [0, 0.1) is 0 Å². The maximum Gasteiger partial charge on any atom is 0.254 e. The molecule has 1 aliphatic rings. The zero-order valence-electron chi connectivity index (χ0n) is 14.5. The van der Waals surface area contributed by atoms with Crippen LogP contribution in [0.2, 0.25) is 0 Å². The summed E-state index contributed by atoms with van der Waals surface area (Å²) in [6.45, 7) is 2.76. The number of nitrogens with zero attached hydrogens (tertiary/aromatic N) is 3. The lowest BCUT2D eigenvalue weighted by molar-refractivity contribution is 0.0923. The van der Waals surface area contributed by atoms with Crippen LogP contribution < -0.4 is 5.32 Å². The van der Waals surface area contributed by atoms with E-state index in [0.717, 1.165) is 13.1 Å². The van der Waals surface area contributed by atoms with E-state index in [-0.39, 0.29) is 11.9 Å². The summed E-state index contributed by atoms with van der Waals surface area (Å²) < 4.78 is 0. The van der Waals surface area contributed by atoms with Crippen molar-refractivity contribution >= 4 is 17.7 Å². The summed E-state index contributed by atoms with van der Waals surface area (Å²) in [4.78, 5) is 23.3. The number of amides is 1. The first kappa shape index (κ1) is 17.9. The number of carbonyl (C=O) groups excluding carboxylic acids is 1. The van der Waals surface area contributed by atoms with Crippen LogP contribution in [0.25, 0.3) is 0 Å². The number of hydrogen-bond donors (Lipinski definition) is 1. The van der Waals surface area contributed by atoms with Crippen molar-refractivity contribution in [2.24, 2.45) is 0 Å². The van der Waals surface area contributed by atoms with Crippen molar-refractivity contribution in [2.75, 3.05) is 25.9 Å². The summed E-state index contributed by atoms with van der Waals surface area (Å²) in [5, 5.41) is 3.74. The summed E-state index contributed by atoms with van der Waals surface area (Å²) in [6.07, 6.45) is 8.84. The van der Waals surface area contributed by atoms with E-state index < -0.39 is 0 Å². The minimum absolute atomic E-state index is 0.120. The van der Waals surface area contributed by atoms with Gasteiger partial charge in [-0.2, -0.15) is 0 Å². The van der Waals surface area contributed by atoms with Crippen molar-refractivity contribution in [3.63, 3.8) is 0 Å². The minimum atomic E-state index is -0.120. The highest BCUT2D eigenvalue weighted by Gasteiger charge is 2.23. The predicted octanol–water partition coefficient (Wildman–Crippen LogP) is 3.16. The number of likely N-dealkylation sites (tertiary alicyclic amines) is 1. The molecule has 25 heavy (non-hydrogen) atoms. The lowest BCUT2D eigenvalue weighted by atomic mass is 10.0. The van der Waals surface area contributed by atoms with Gasteiger partial charge in [-0.25, -0.2) is 9.97 Å². The van der Waals surface area contributed by atoms with E-state index in [1.807, 2.05) is 12.3 Å². The van der Waals surface area contributed by atoms with Crippen LogP contribution in [0.4, 0.5) is 0 Å². The Morgan fingerprint density at radius 2 is 1.84 bits per heavy atom. The van der Waals surface area contributed by atoms with E-state index in [0.29, 0.717) is 17.3 Å². The van der Waals surface area contributed by atoms with Gasteiger partial charge in [-0.15, -0.1) is 0 Å². The molecule has 0 unspecified atom stereocenters. The Kier molecular flexibility index (Phi) is 6.42. The molecular weight excluding hydrogens is 332 g/mol. The van der Waals surface area contributed by atoms with Crippen LogP contribution in [0.15, 0.2) is 47.9 Å². The molecule has 1 aliphatic heterocycles. The highest BCUT2D eigenvalue weighted by molar-refractivity contribution is 7.98. The second-order valence-corrected chi connectivity index (χ2v) is 6.96. The van der Waals surface area contributed by atoms with Crippen molar-refractivity contribution in [3.8, 4) is 0 Å². The van der Waals surface area contributed by atoms with Crippen LogP contribution >= 0.6 is 11.8 Å². The second kappa shape index (κ2) is 8.97. The fraction of sp³-hybridized carbons (Fsp3) is 0.421. The highest BCUT2D eigenvalue weighted by Crippen LogP contribution is 2.24. The third-order valence-corrected chi connectivity index (χ3v) is 5.12. The molecule has 1 aromatic carbocycles. The number of aromatic nitrogens is 2. The molecule has 2 heterocycles. The summed E-state index contributed by atoms with van der Waals surface area (Å²) in [5.74, 6) is -0.120. The van der Waals surface area contributed by atoms with Gasteiger partial charge in [0.05, 0.1) is 11.6 Å². The van der Waals surface area contributed by atoms with Crippen molar-refractivity contribution in [1.29, 1.82) is 0 Å². The van der Waals surface area contributed by atoms with Gasteiger partial charge in [-0.3, -0.25) is 9.69 Å². The molecule has 2 aromatic rings. The fourth-order valence-corrected chi connectivity index (χ4v) is 3.51. The second-order valence-electron chi connectivity index (χ2n) is 6.19. The SMILES string of the molecule is CSc1ncc(C(=O)NC[C@@H](c2ccccc2)N2CCCCC2)cn1. The summed E-state index contributed by atoms with van der Waals surface area (Å²) in [5.41, 5.74) is 1.75. The quantitative estimate of drug-likeness (QED) is 0.636. The third-order valence-electron chi connectivity index (χ3n) is 4.54. The maximum atomic E-state index is 12.4. The largest absolute Gasteiger partial charge is 0.350 e. The van der Waals surface area contributed by atoms with Gasteiger partial charge in [0.15, 0.2) is 5.16 Å². The Bertz CT molecular complexity index is 672. The lowest BCUT2D eigenvalue weighted by Gasteiger charge is -2.35. The van der Waals surface area contributed by atoms with Gasteiger partial charge in [-0.1, -0.05) is 48.5 Å². The normalized spacial score (nSPS) is 16.4. The summed E-state index contributed by atoms with van der Waals surface area (Å²) >= 11 is 1.46. The van der Waals surface area contributed by atoms with Gasteiger partial charge in [0.1, 0.15) is 0 Å². The molecule has 0 aliphatic carbocycles. The van der Waals surface area contributed by atoms with Gasteiger partial charge in [0.25, 0.3) is 5.91 Å². The van der Waals surface area contributed by atoms with E-state index in [4.69, 9.17) is 0 Å². The van der Waals surface area contributed by atoms with Crippen LogP contribution in [0.5, 0.6) is 0 Å². The molecule has 0 saturated carbocycles. The first-order valence-corrected chi connectivity index (χ1v) is 9.93. The smallest absolute Gasteiger partial charge is 0.254 e. The lowest BCUT2D eigenvalue weighted by Crippen LogP contribution is -2.40. The van der Waals surface area contributed by atoms with Gasteiger partial charge < -0.3 is 5.32 Å². The minimum Gasteiger partial charge on any atom is -0.350 e. The molecular formula is C19H24N4OS. The molecule has 0 radical (unpaired) electrons. The fourth-order valence-electron chi connectivity index (χ4n) is 3.19. The zero-order valence-corrected chi connectivity index (χ0v) is 15.3. The molecule has 1 saturated heterocycles. The van der Waals surface area contributed by atoms with Crippen molar-refractivity contribution in [1.82, 2.24) is 20.2 Å². The number of benzene rings is 1. The molecule has 3 rings (SSSR count). The summed E-state index contributed by atoms with van der Waals surface area (Å²) in [7, 11) is 0. The van der Waals surface area contributed by atoms with E-state index in [2.05, 4.69) is 44.5 Å². The Morgan fingerprint density at radius 3 is 2.48 bits per heavy atom. The third kappa shape index (κ3) is 4.80. The van der Waals surface area contributed by atoms with Crippen LogP contribution in [0.3, 0.4) is 0 Å². The van der Waals surface area contributed by atoms with E-state index in [1.54, 1.807) is 12.4 Å². The summed E-state index contributed by atoms with van der Waals surface area (Å²) in [6, 6.07) is 10.6. The van der Waals surface area contributed by atoms with Crippen LogP contribution in [-0.4, -0.2) is 46.7 Å². The number of rotatable bonds is 6. The number of hydrogen-bond acceptors (Lipinski definition) is 5. The van der Waals surface area contributed by atoms with Crippen molar-refractivity contribution in [3.05, 3.63) is 53.9 Å². The molecule has 0 spiro atoms. The van der Waals surface area contributed by atoms with Crippen molar-refractivity contribution in [2.45, 2.75) is 30.5 Å². The van der Waals surface area contributed by atoms with E-state index in [9.17, 15) is 4.79 Å². The van der Waals surface area contributed by atoms with Gasteiger partial charge in [0.2, 0.25) is 0 Å². The molecule has 6 heteroatoms. The van der Waals surface area contributed by atoms with Gasteiger partial charge in [-0.05, 0) is 37.8 Å². The Hall–Kier alpha value is -1.92. The molecule has 5 nitrogen and oxygen atoms in total. The highest BCUT2D eigenvalue weighted by atomic mass is 32.2. The first-order valence-electron chi connectivity index (χ1n) is 8.71. The Balaban J connectivity index is 1.68. The topological polar surface area (TPSA) is 58.1 Å². The molecule has 1 N–H and O–H groups in total. The Labute approximate surface area is 153 Å². The van der Waals surface area contributed by atoms with Gasteiger partial charge in [0, 0.05) is 18.9 Å². The van der Waals surface area contributed by atoms with Crippen LogP contribution in [-0.2, 0) is 0 Å². The average molecular weight is 356 g/mol. The molecule has 132 valence electrons. The molecule has 0 bridgehead atoms. The molecule has 1 fully saturated rings. The van der Waals surface area contributed by atoms with E-state index in [1.165, 1.54) is 36.6 Å². The van der Waals surface area contributed by atoms with Crippen LogP contribution in [0.1, 0.15) is 41.2 Å². The molecule has 1 aromatic heterocycles. The van der Waals surface area contributed by atoms with Gasteiger partial charge >= 0.3 is 0 Å². The maximum absolute atomic E-state index is 12.4. The number of carbonyl (C=O) groups is 1. The zero-order chi connectivity index (χ0) is 17.5. The number of thioether (sulfide) groups is 1. The van der Waals surface area contributed by atoms with E-state index >= 15 is 0 Å².